The number of aryl methyl sites for hydroxylation is 1. The minimum atomic E-state index is -1.06. The van der Waals surface area contributed by atoms with E-state index in [1.54, 1.807) is 24.3 Å². The summed E-state index contributed by atoms with van der Waals surface area (Å²) in [6.07, 6.45) is -1.24. The first kappa shape index (κ1) is 20.8. The van der Waals surface area contributed by atoms with Gasteiger partial charge in [0, 0.05) is 28.2 Å². The first-order valence-electron chi connectivity index (χ1n) is 8.66. The van der Waals surface area contributed by atoms with Crippen LogP contribution >= 0.6 is 23.2 Å². The van der Waals surface area contributed by atoms with E-state index in [0.29, 0.717) is 32.2 Å². The van der Waals surface area contributed by atoms with Gasteiger partial charge in [-0.15, -0.1) is 0 Å². The van der Waals surface area contributed by atoms with Gasteiger partial charge in [0.25, 0.3) is 11.5 Å². The maximum absolute atomic E-state index is 12.4. The highest BCUT2D eigenvalue weighted by atomic mass is 35.5. The fourth-order valence-electron chi connectivity index (χ4n) is 2.81. The average Bonchev–Trinajstić information content (AvgIpc) is 2.65. The molecule has 150 valence electrons. The lowest BCUT2D eigenvalue weighted by Crippen LogP contribution is -2.31. The molecule has 0 aliphatic heterocycles. The van der Waals surface area contributed by atoms with Gasteiger partial charge in [-0.3, -0.25) is 14.4 Å². The van der Waals surface area contributed by atoms with Crippen LogP contribution in [0, 0.1) is 0 Å². The number of nitrogens with zero attached hydrogens (tertiary/aromatic N) is 2. The number of hydrogen-bond donors (Lipinski definition) is 1. The number of fused-ring (bicyclic) bond motifs is 1. The number of aromatic nitrogens is 2. The molecule has 0 unspecified atom stereocenters. The monoisotopic (exact) mass is 433 g/mol. The van der Waals surface area contributed by atoms with Crippen LogP contribution in [-0.4, -0.2) is 27.8 Å². The first-order valence-corrected chi connectivity index (χ1v) is 9.41. The summed E-state index contributed by atoms with van der Waals surface area (Å²) in [6.45, 7) is 1.45. The molecule has 3 rings (SSSR count). The molecule has 0 fully saturated rings. The highest BCUT2D eigenvalue weighted by Crippen LogP contribution is 2.22. The van der Waals surface area contributed by atoms with Crippen LogP contribution in [0.3, 0.4) is 0 Å². The molecule has 7 nitrogen and oxygen atoms in total. The summed E-state index contributed by atoms with van der Waals surface area (Å²) in [5.74, 6) is -1.18. The summed E-state index contributed by atoms with van der Waals surface area (Å²) in [6, 6.07) is 11.5. The van der Waals surface area contributed by atoms with Crippen molar-refractivity contribution in [2.75, 3.05) is 5.32 Å². The molecule has 2 aromatic carbocycles. The molecule has 9 heteroatoms. The number of carbonyl (C=O) groups excluding carboxylic acids is 2. The third-order valence-electron chi connectivity index (χ3n) is 4.15. The topological polar surface area (TPSA) is 90.3 Å². The van der Waals surface area contributed by atoms with Gasteiger partial charge >= 0.3 is 5.97 Å². The molecular formula is C20H17Cl2N3O4. The summed E-state index contributed by atoms with van der Waals surface area (Å²) in [5, 5.41) is 8.50. The van der Waals surface area contributed by atoms with Crippen LogP contribution in [0.1, 0.15) is 12.6 Å². The zero-order valence-corrected chi connectivity index (χ0v) is 17.1. The number of hydrogen-bond acceptors (Lipinski definition) is 5. The molecule has 0 bridgehead atoms. The lowest BCUT2D eigenvalue weighted by atomic mass is 10.1. The predicted octanol–water partition coefficient (Wildman–Crippen LogP) is 3.35. The Bertz CT molecular complexity index is 1140. The third kappa shape index (κ3) is 4.93. The number of carbonyl (C=O) groups is 2. The molecule has 1 amide bonds. The molecule has 0 spiro atoms. The van der Waals surface area contributed by atoms with Crippen molar-refractivity contribution in [3.63, 3.8) is 0 Å². The highest BCUT2D eigenvalue weighted by molar-refractivity contribution is 6.35. The van der Waals surface area contributed by atoms with E-state index in [2.05, 4.69) is 10.4 Å². The number of benzene rings is 2. The van der Waals surface area contributed by atoms with Crippen LogP contribution < -0.4 is 10.9 Å². The Kier molecular flexibility index (Phi) is 6.20. The molecule has 29 heavy (non-hydrogen) atoms. The summed E-state index contributed by atoms with van der Waals surface area (Å²) < 4.78 is 6.39. The van der Waals surface area contributed by atoms with Gasteiger partial charge in [0.15, 0.2) is 6.10 Å². The summed E-state index contributed by atoms with van der Waals surface area (Å²) in [7, 11) is 1.51. The van der Waals surface area contributed by atoms with Gasteiger partial charge in [-0.05, 0) is 31.2 Å². The van der Waals surface area contributed by atoms with Crippen LogP contribution in [0.15, 0.2) is 47.3 Å². The van der Waals surface area contributed by atoms with Crippen LogP contribution in [-0.2, 0) is 27.8 Å². The van der Waals surface area contributed by atoms with E-state index in [0.717, 1.165) is 0 Å². The fourth-order valence-corrected chi connectivity index (χ4v) is 3.33. The molecule has 0 saturated heterocycles. The summed E-state index contributed by atoms with van der Waals surface area (Å²) >= 11 is 11.8. The molecule has 1 atom stereocenters. The number of anilines is 1. The van der Waals surface area contributed by atoms with Gasteiger partial charge in [0.05, 0.1) is 17.5 Å². The number of ether oxygens (including phenoxy) is 1. The van der Waals surface area contributed by atoms with Gasteiger partial charge in [-0.1, -0.05) is 41.4 Å². The van der Waals surface area contributed by atoms with Crippen molar-refractivity contribution in [1.82, 2.24) is 9.78 Å². The highest BCUT2D eigenvalue weighted by Gasteiger charge is 2.20. The quantitative estimate of drug-likeness (QED) is 0.622. The predicted molar refractivity (Wildman–Crippen MR) is 111 cm³/mol. The Balaban J connectivity index is 1.70. The normalized spacial score (nSPS) is 11.9. The van der Waals surface area contributed by atoms with E-state index in [-0.39, 0.29) is 12.0 Å². The van der Waals surface area contributed by atoms with Crippen molar-refractivity contribution < 1.29 is 14.3 Å². The second kappa shape index (κ2) is 8.63. The van der Waals surface area contributed by atoms with Crippen LogP contribution in [0.25, 0.3) is 10.8 Å². The van der Waals surface area contributed by atoms with E-state index >= 15 is 0 Å². The Morgan fingerprint density at radius 1 is 1.14 bits per heavy atom. The fraction of sp³-hybridized carbons (Fsp3) is 0.200. The Labute approximate surface area is 176 Å². The standard InChI is InChI=1S/C20H17Cl2N3O4/c1-11(19(27)23-14-8-12(21)7-13(22)9-14)29-18(26)10-17-15-5-3-4-6-16(15)20(28)25(2)24-17/h3-9,11H,10H2,1-2H3,(H,23,27)/t11-/m1/s1. The number of nitrogens with one attached hydrogen (secondary N) is 1. The van der Waals surface area contributed by atoms with Crippen molar-refractivity contribution in [3.8, 4) is 0 Å². The summed E-state index contributed by atoms with van der Waals surface area (Å²) in [5.41, 5.74) is 0.522. The van der Waals surface area contributed by atoms with Crippen LogP contribution in [0.4, 0.5) is 5.69 Å². The van der Waals surface area contributed by atoms with E-state index in [1.807, 2.05) is 0 Å². The van der Waals surface area contributed by atoms with Gasteiger partial charge < -0.3 is 10.1 Å². The van der Waals surface area contributed by atoms with Crippen LogP contribution in [0.5, 0.6) is 0 Å². The van der Waals surface area contributed by atoms with Gasteiger partial charge in [-0.25, -0.2) is 4.68 Å². The molecule has 3 aromatic rings. The van der Waals surface area contributed by atoms with Gasteiger partial charge in [0.2, 0.25) is 0 Å². The van der Waals surface area contributed by atoms with Crippen LogP contribution in [0.2, 0.25) is 10.0 Å². The molecule has 0 aliphatic rings. The maximum atomic E-state index is 12.4. The molecule has 1 aromatic heterocycles. The Morgan fingerprint density at radius 2 is 1.76 bits per heavy atom. The van der Waals surface area contributed by atoms with Crippen molar-refractivity contribution >= 4 is 51.5 Å². The lowest BCUT2D eigenvalue weighted by Gasteiger charge is -2.14. The molecule has 1 N–H and O–H groups in total. The Morgan fingerprint density at radius 3 is 2.41 bits per heavy atom. The van der Waals surface area contributed by atoms with Gasteiger partial charge in [-0.2, -0.15) is 5.10 Å². The summed E-state index contributed by atoms with van der Waals surface area (Å²) in [4.78, 5) is 36.8. The molecule has 0 saturated carbocycles. The zero-order valence-electron chi connectivity index (χ0n) is 15.6. The Hall–Kier alpha value is -2.90. The van der Waals surface area contributed by atoms with E-state index < -0.39 is 18.0 Å². The van der Waals surface area contributed by atoms with Gasteiger partial charge in [0.1, 0.15) is 0 Å². The second-order valence-electron chi connectivity index (χ2n) is 6.38. The minimum Gasteiger partial charge on any atom is -0.452 e. The molecular weight excluding hydrogens is 417 g/mol. The molecule has 0 radical (unpaired) electrons. The number of rotatable bonds is 5. The van der Waals surface area contributed by atoms with E-state index in [1.165, 1.54) is 36.9 Å². The van der Waals surface area contributed by atoms with Crippen molar-refractivity contribution in [2.45, 2.75) is 19.4 Å². The minimum absolute atomic E-state index is 0.185. The number of halogens is 2. The maximum Gasteiger partial charge on any atom is 0.312 e. The lowest BCUT2D eigenvalue weighted by molar-refractivity contribution is -0.152. The SMILES string of the molecule is C[C@@H](OC(=O)Cc1nn(C)c(=O)c2ccccc12)C(=O)Nc1cc(Cl)cc(Cl)c1. The third-order valence-corrected chi connectivity index (χ3v) is 4.59. The molecule has 1 heterocycles. The van der Waals surface area contributed by atoms with E-state index in [9.17, 15) is 14.4 Å². The first-order chi connectivity index (χ1) is 13.7. The number of amides is 1. The second-order valence-corrected chi connectivity index (χ2v) is 7.25. The van der Waals surface area contributed by atoms with Crippen molar-refractivity contribution in [3.05, 3.63) is 68.6 Å². The van der Waals surface area contributed by atoms with Crippen molar-refractivity contribution in [1.29, 1.82) is 0 Å². The largest absolute Gasteiger partial charge is 0.452 e. The zero-order chi connectivity index (χ0) is 21.1. The average molecular weight is 434 g/mol. The smallest absolute Gasteiger partial charge is 0.312 e. The van der Waals surface area contributed by atoms with E-state index in [4.69, 9.17) is 27.9 Å². The number of esters is 1. The van der Waals surface area contributed by atoms with Crippen molar-refractivity contribution in [2.24, 2.45) is 7.05 Å². The molecule has 0 aliphatic carbocycles.